The fourth-order valence-corrected chi connectivity index (χ4v) is 0.907. The van der Waals surface area contributed by atoms with Gasteiger partial charge < -0.3 is 0 Å². The second-order valence-corrected chi connectivity index (χ2v) is 2.90. The maximum atomic E-state index is 3.57. The van der Waals surface area contributed by atoms with Gasteiger partial charge in [-0.05, 0) is 12.8 Å². The second kappa shape index (κ2) is 11.0. The largest absolute Gasteiger partial charge is 0.0991 e. The van der Waals surface area contributed by atoms with Crippen LogP contribution in [0.2, 0.25) is 0 Å². The minimum atomic E-state index is 1.14. The maximum absolute atomic E-state index is 3.57. The minimum absolute atomic E-state index is 1.14. The molecule has 0 unspecified atom stereocenters. The van der Waals surface area contributed by atoms with Crippen LogP contribution in [-0.2, 0) is 0 Å². The van der Waals surface area contributed by atoms with E-state index in [4.69, 9.17) is 0 Å². The highest BCUT2D eigenvalue weighted by molar-refractivity contribution is 5.11. The van der Waals surface area contributed by atoms with Crippen molar-refractivity contribution in [3.05, 3.63) is 49.1 Å². The Balaban J connectivity index is 0.000000243. The monoisotopic (exact) mass is 176 g/mol. The predicted molar refractivity (Wildman–Crippen MR) is 61.8 cm³/mol. The molecule has 13 heavy (non-hydrogen) atoms. The predicted octanol–water partition coefficient (Wildman–Crippen LogP) is 4.42. The van der Waals surface area contributed by atoms with Crippen LogP contribution in [0.25, 0.3) is 0 Å². The summed E-state index contributed by atoms with van der Waals surface area (Å²) in [4.78, 5) is 0. The first-order valence-corrected chi connectivity index (χ1v) is 5.01. The first-order chi connectivity index (χ1) is 6.41. The molecule has 0 saturated heterocycles. The van der Waals surface area contributed by atoms with Crippen LogP contribution in [0.5, 0.6) is 0 Å². The van der Waals surface area contributed by atoms with E-state index >= 15 is 0 Å². The van der Waals surface area contributed by atoms with Crippen molar-refractivity contribution in [1.29, 1.82) is 0 Å². The van der Waals surface area contributed by atoms with Gasteiger partial charge in [-0.25, -0.2) is 0 Å². The Morgan fingerprint density at radius 2 is 2.00 bits per heavy atom. The summed E-state index contributed by atoms with van der Waals surface area (Å²) in [5.74, 6) is 0. The molecule has 1 aliphatic carbocycles. The number of hydrogen-bond acceptors (Lipinski definition) is 0. The van der Waals surface area contributed by atoms with Crippen molar-refractivity contribution >= 4 is 0 Å². The summed E-state index contributed by atoms with van der Waals surface area (Å²) in [6.45, 7) is 5.77. The zero-order valence-electron chi connectivity index (χ0n) is 8.58. The van der Waals surface area contributed by atoms with Crippen molar-refractivity contribution in [3.8, 4) is 0 Å². The van der Waals surface area contributed by atoms with Crippen LogP contribution >= 0.6 is 0 Å². The first kappa shape index (κ1) is 12.0. The van der Waals surface area contributed by atoms with Gasteiger partial charge >= 0.3 is 0 Å². The molecule has 1 rings (SSSR count). The molecule has 0 atom stereocenters. The van der Waals surface area contributed by atoms with Crippen LogP contribution in [0, 0.1) is 0 Å². The molecule has 0 N–H and O–H groups in total. The minimum Gasteiger partial charge on any atom is -0.0991 e. The summed E-state index contributed by atoms with van der Waals surface area (Å²) >= 11 is 0. The highest BCUT2D eigenvalue weighted by Crippen LogP contribution is 1.94. The Morgan fingerprint density at radius 1 is 1.31 bits per heavy atom. The Kier molecular flexibility index (Phi) is 10.1. The molecule has 72 valence electrons. The zero-order valence-corrected chi connectivity index (χ0v) is 8.58. The van der Waals surface area contributed by atoms with Crippen molar-refractivity contribution < 1.29 is 0 Å². The topological polar surface area (TPSA) is 0 Å². The fraction of sp³-hybridized carbons (Fsp3) is 0.385. The molecule has 0 saturated carbocycles. The molecule has 0 heteroatoms. The van der Waals surface area contributed by atoms with Crippen molar-refractivity contribution in [1.82, 2.24) is 0 Å². The van der Waals surface area contributed by atoms with Crippen LogP contribution in [0.1, 0.15) is 32.6 Å². The molecule has 0 aromatic heterocycles. The normalized spacial score (nSPS) is 13.0. The summed E-state index contributed by atoms with van der Waals surface area (Å²) in [6.07, 6.45) is 19.2. The van der Waals surface area contributed by atoms with Crippen molar-refractivity contribution in [3.63, 3.8) is 0 Å². The van der Waals surface area contributed by atoms with Gasteiger partial charge in [0.15, 0.2) is 0 Å². The van der Waals surface area contributed by atoms with E-state index in [1.807, 2.05) is 12.2 Å². The molecular formula is C13H20. The van der Waals surface area contributed by atoms with Gasteiger partial charge in [0.1, 0.15) is 0 Å². The van der Waals surface area contributed by atoms with E-state index in [1.54, 1.807) is 0 Å². The number of unbranched alkanes of at least 4 members (excludes halogenated alkanes) is 2. The van der Waals surface area contributed by atoms with E-state index in [2.05, 4.69) is 43.9 Å². The van der Waals surface area contributed by atoms with Crippen LogP contribution < -0.4 is 0 Å². The standard InChI is InChI=1S/C8H14.C5H6/c1-3-5-7-8-6-4-2;1-2-4-5-3-1/h3,5,7H,1,4,6,8H2,2H3;1-4H,5H2. The van der Waals surface area contributed by atoms with Gasteiger partial charge in [0.05, 0.1) is 0 Å². The number of hydrogen-bond donors (Lipinski definition) is 0. The van der Waals surface area contributed by atoms with Gasteiger partial charge in [0.25, 0.3) is 0 Å². The molecule has 0 aromatic rings. The van der Waals surface area contributed by atoms with Gasteiger partial charge in [0.2, 0.25) is 0 Å². The fourth-order valence-electron chi connectivity index (χ4n) is 0.907. The van der Waals surface area contributed by atoms with E-state index < -0.39 is 0 Å². The van der Waals surface area contributed by atoms with Gasteiger partial charge in [-0.2, -0.15) is 0 Å². The average molecular weight is 176 g/mol. The third-order valence-corrected chi connectivity index (χ3v) is 1.65. The molecular weight excluding hydrogens is 156 g/mol. The Bertz CT molecular complexity index is 172. The van der Waals surface area contributed by atoms with E-state index in [1.165, 1.54) is 19.3 Å². The van der Waals surface area contributed by atoms with Crippen LogP contribution in [0.15, 0.2) is 49.1 Å². The number of rotatable bonds is 4. The molecule has 0 fully saturated rings. The first-order valence-electron chi connectivity index (χ1n) is 5.01. The third-order valence-electron chi connectivity index (χ3n) is 1.65. The van der Waals surface area contributed by atoms with Crippen molar-refractivity contribution in [2.24, 2.45) is 0 Å². The van der Waals surface area contributed by atoms with Crippen molar-refractivity contribution in [2.75, 3.05) is 0 Å². The molecule has 0 nitrogen and oxygen atoms in total. The van der Waals surface area contributed by atoms with E-state index in [-0.39, 0.29) is 0 Å². The zero-order chi connectivity index (χ0) is 9.78. The quantitative estimate of drug-likeness (QED) is 0.439. The van der Waals surface area contributed by atoms with Crippen molar-refractivity contribution in [2.45, 2.75) is 32.6 Å². The van der Waals surface area contributed by atoms with Crippen LogP contribution in [-0.4, -0.2) is 0 Å². The molecule has 0 aliphatic heterocycles. The molecule has 0 radical (unpaired) electrons. The summed E-state index contributed by atoms with van der Waals surface area (Å²) < 4.78 is 0. The molecule has 0 bridgehead atoms. The summed E-state index contributed by atoms with van der Waals surface area (Å²) in [5, 5.41) is 0. The molecule has 0 amide bonds. The van der Waals surface area contributed by atoms with Gasteiger partial charge in [0, 0.05) is 0 Å². The average Bonchev–Trinajstić information content (AvgIpc) is 2.70. The Labute approximate surface area is 82.4 Å². The summed E-state index contributed by atoms with van der Waals surface area (Å²) in [5.41, 5.74) is 0. The smallest absolute Gasteiger partial charge is 0.0163 e. The Morgan fingerprint density at radius 3 is 2.38 bits per heavy atom. The lowest BCUT2D eigenvalue weighted by atomic mass is 10.2. The van der Waals surface area contributed by atoms with E-state index in [0.717, 1.165) is 6.42 Å². The maximum Gasteiger partial charge on any atom is -0.0163 e. The Hall–Kier alpha value is -1.04. The SMILES string of the molecule is C1=CCC=C1.C=CC=CCCCC. The lowest BCUT2D eigenvalue weighted by molar-refractivity contribution is 0.815. The third kappa shape index (κ3) is 11.0. The van der Waals surface area contributed by atoms with E-state index in [9.17, 15) is 0 Å². The van der Waals surface area contributed by atoms with Crippen LogP contribution in [0.4, 0.5) is 0 Å². The molecule has 0 spiro atoms. The molecule has 0 heterocycles. The highest BCUT2D eigenvalue weighted by Gasteiger charge is 1.73. The summed E-state index contributed by atoms with van der Waals surface area (Å²) in [6, 6.07) is 0. The van der Waals surface area contributed by atoms with Gasteiger partial charge in [-0.15, -0.1) is 0 Å². The van der Waals surface area contributed by atoms with Gasteiger partial charge in [-0.3, -0.25) is 0 Å². The second-order valence-electron chi connectivity index (χ2n) is 2.90. The lowest BCUT2D eigenvalue weighted by Crippen LogP contribution is -1.64. The van der Waals surface area contributed by atoms with Gasteiger partial charge in [-0.1, -0.05) is 68.9 Å². The molecule has 1 aliphatic rings. The number of allylic oxidation sites excluding steroid dienone is 7. The van der Waals surface area contributed by atoms with Crippen LogP contribution in [0.3, 0.4) is 0 Å². The summed E-state index contributed by atoms with van der Waals surface area (Å²) in [7, 11) is 0. The highest BCUT2D eigenvalue weighted by atomic mass is 13.8. The molecule has 0 aromatic carbocycles. The van der Waals surface area contributed by atoms with E-state index in [0.29, 0.717) is 0 Å². The lowest BCUT2D eigenvalue weighted by Gasteiger charge is -1.84.